The van der Waals surface area contributed by atoms with Gasteiger partial charge in [0.1, 0.15) is 5.82 Å². The molecule has 3 aromatic rings. The molecule has 0 saturated heterocycles. The Morgan fingerprint density at radius 1 is 1.26 bits per heavy atom. The molecule has 0 unspecified atom stereocenters. The van der Waals surface area contributed by atoms with Crippen LogP contribution in [0.25, 0.3) is 17.3 Å². The number of aromatic nitrogens is 1. The number of benzene rings is 2. The topological polar surface area (TPSA) is 51.2 Å². The van der Waals surface area contributed by atoms with E-state index in [4.69, 9.17) is 4.74 Å². The molecule has 0 bridgehead atoms. The van der Waals surface area contributed by atoms with Crippen molar-refractivity contribution in [3.05, 3.63) is 76.9 Å². The molecule has 6 heteroatoms. The van der Waals surface area contributed by atoms with Crippen molar-refractivity contribution in [3.63, 3.8) is 0 Å². The number of hydrogen-bond donors (Lipinski definition) is 1. The minimum atomic E-state index is -0.338. The highest BCUT2D eigenvalue weighted by Gasteiger charge is 2.07. The zero-order valence-corrected chi connectivity index (χ0v) is 15.6. The molecule has 0 saturated carbocycles. The fourth-order valence-electron chi connectivity index (χ4n) is 2.46. The van der Waals surface area contributed by atoms with E-state index in [1.807, 2.05) is 29.6 Å². The number of carbonyl (C=O) groups is 1. The summed E-state index contributed by atoms with van der Waals surface area (Å²) in [6.07, 6.45) is 3.79. The van der Waals surface area contributed by atoms with Crippen molar-refractivity contribution in [2.45, 2.75) is 6.42 Å². The third kappa shape index (κ3) is 5.57. The first kappa shape index (κ1) is 18.9. The Morgan fingerprint density at radius 3 is 2.81 bits per heavy atom. The summed E-state index contributed by atoms with van der Waals surface area (Å²) in [5.41, 5.74) is 3.62. The Morgan fingerprint density at radius 2 is 2.07 bits per heavy atom. The number of nitrogens with zero attached hydrogens (tertiary/aromatic N) is 1. The summed E-state index contributed by atoms with van der Waals surface area (Å²) in [4.78, 5) is 16.5. The van der Waals surface area contributed by atoms with Crippen LogP contribution in [-0.4, -0.2) is 24.6 Å². The summed E-state index contributed by atoms with van der Waals surface area (Å²) >= 11 is 1.36. The zero-order valence-electron chi connectivity index (χ0n) is 14.8. The summed E-state index contributed by atoms with van der Waals surface area (Å²) in [7, 11) is 1.69. The van der Waals surface area contributed by atoms with Gasteiger partial charge in [0.15, 0.2) is 5.13 Å². The molecule has 0 aliphatic rings. The number of carbonyl (C=O) groups excluding carboxylic acids is 1. The van der Waals surface area contributed by atoms with Gasteiger partial charge < -0.3 is 4.74 Å². The van der Waals surface area contributed by atoms with Gasteiger partial charge in [0.25, 0.3) is 0 Å². The fraction of sp³-hybridized carbons (Fsp3) is 0.143. The third-order valence-corrected chi connectivity index (χ3v) is 4.61. The molecule has 1 N–H and O–H groups in total. The maximum absolute atomic E-state index is 13.1. The van der Waals surface area contributed by atoms with Gasteiger partial charge in [-0.15, -0.1) is 11.3 Å². The third-order valence-electron chi connectivity index (χ3n) is 3.85. The smallest absolute Gasteiger partial charge is 0.250 e. The Kier molecular flexibility index (Phi) is 6.46. The van der Waals surface area contributed by atoms with E-state index in [0.29, 0.717) is 17.3 Å². The quantitative estimate of drug-likeness (QED) is 0.598. The number of nitrogens with one attached hydrogen (secondary N) is 1. The second kappa shape index (κ2) is 9.21. The average molecular weight is 382 g/mol. The van der Waals surface area contributed by atoms with E-state index < -0.39 is 0 Å². The Bertz CT molecular complexity index is 935. The van der Waals surface area contributed by atoms with E-state index in [2.05, 4.69) is 10.3 Å². The molecular weight excluding hydrogens is 363 g/mol. The molecule has 0 spiro atoms. The van der Waals surface area contributed by atoms with E-state index in [0.717, 1.165) is 17.7 Å². The molecule has 4 nitrogen and oxygen atoms in total. The Balaban J connectivity index is 1.61. The monoisotopic (exact) mass is 382 g/mol. The molecule has 0 aliphatic carbocycles. The number of amides is 1. The van der Waals surface area contributed by atoms with E-state index in [-0.39, 0.29) is 11.7 Å². The molecule has 1 amide bonds. The van der Waals surface area contributed by atoms with Crippen LogP contribution < -0.4 is 5.32 Å². The highest BCUT2D eigenvalue weighted by Crippen LogP contribution is 2.25. The lowest BCUT2D eigenvalue weighted by Crippen LogP contribution is -2.07. The van der Waals surface area contributed by atoms with E-state index in [9.17, 15) is 9.18 Å². The van der Waals surface area contributed by atoms with Crippen molar-refractivity contribution >= 4 is 28.5 Å². The SMILES string of the molecule is COCCc1ccc(-c2csc(NC(=O)/C=C/c3cccc(F)c3)n2)cc1. The molecule has 0 atom stereocenters. The lowest BCUT2D eigenvalue weighted by molar-refractivity contribution is -0.111. The number of methoxy groups -OCH3 is 1. The first-order valence-corrected chi connectivity index (χ1v) is 9.30. The maximum Gasteiger partial charge on any atom is 0.250 e. The van der Waals surface area contributed by atoms with Gasteiger partial charge in [-0.3, -0.25) is 10.1 Å². The van der Waals surface area contributed by atoms with Crippen LogP contribution in [0, 0.1) is 5.82 Å². The molecule has 0 radical (unpaired) electrons. The first-order valence-electron chi connectivity index (χ1n) is 8.42. The highest BCUT2D eigenvalue weighted by molar-refractivity contribution is 7.14. The van der Waals surface area contributed by atoms with Gasteiger partial charge in [0.2, 0.25) is 5.91 Å². The predicted octanol–water partition coefficient (Wildman–Crippen LogP) is 4.79. The van der Waals surface area contributed by atoms with Crippen LogP contribution >= 0.6 is 11.3 Å². The van der Waals surface area contributed by atoms with Crippen molar-refractivity contribution in [2.24, 2.45) is 0 Å². The standard InChI is InChI=1S/C21H19FN2O2S/c1-26-12-11-15-5-8-17(9-6-15)19-14-27-21(23-19)24-20(25)10-7-16-3-2-4-18(22)13-16/h2-10,13-14H,11-12H2,1H3,(H,23,24,25)/b10-7+. The van der Waals surface area contributed by atoms with E-state index >= 15 is 0 Å². The van der Waals surface area contributed by atoms with Crippen molar-refractivity contribution in [3.8, 4) is 11.3 Å². The predicted molar refractivity (Wildman–Crippen MR) is 107 cm³/mol. The van der Waals surface area contributed by atoms with Gasteiger partial charge in [0, 0.05) is 24.1 Å². The molecule has 138 valence electrons. The van der Waals surface area contributed by atoms with Gasteiger partial charge in [0.05, 0.1) is 12.3 Å². The molecule has 2 aromatic carbocycles. The van der Waals surface area contributed by atoms with E-state index in [1.54, 1.807) is 25.3 Å². The van der Waals surface area contributed by atoms with E-state index in [1.165, 1.54) is 35.1 Å². The number of rotatable bonds is 7. The molecule has 0 fully saturated rings. The summed E-state index contributed by atoms with van der Waals surface area (Å²) in [5, 5.41) is 5.14. The van der Waals surface area contributed by atoms with Crippen molar-refractivity contribution in [2.75, 3.05) is 19.0 Å². The van der Waals surface area contributed by atoms with Crippen LogP contribution in [-0.2, 0) is 16.0 Å². The maximum atomic E-state index is 13.1. The second-order valence-corrected chi connectivity index (χ2v) is 6.71. The normalized spacial score (nSPS) is 11.0. The number of hydrogen-bond acceptors (Lipinski definition) is 4. The molecule has 0 aliphatic heterocycles. The number of anilines is 1. The molecule has 27 heavy (non-hydrogen) atoms. The van der Waals surface area contributed by atoms with Crippen LogP contribution in [0.5, 0.6) is 0 Å². The van der Waals surface area contributed by atoms with Gasteiger partial charge in [-0.2, -0.15) is 0 Å². The minimum absolute atomic E-state index is 0.310. The Labute approximate surface area is 161 Å². The van der Waals surface area contributed by atoms with Gasteiger partial charge in [-0.25, -0.2) is 9.37 Å². The Hall–Kier alpha value is -2.83. The minimum Gasteiger partial charge on any atom is -0.384 e. The van der Waals surface area contributed by atoms with Crippen LogP contribution in [0.4, 0.5) is 9.52 Å². The largest absolute Gasteiger partial charge is 0.384 e. The number of halogens is 1. The molecule has 3 rings (SSSR count). The van der Waals surface area contributed by atoms with Crippen molar-refractivity contribution in [1.82, 2.24) is 4.98 Å². The average Bonchev–Trinajstić information content (AvgIpc) is 3.13. The van der Waals surface area contributed by atoms with Gasteiger partial charge >= 0.3 is 0 Å². The lowest BCUT2D eigenvalue weighted by atomic mass is 10.1. The highest BCUT2D eigenvalue weighted by atomic mass is 32.1. The van der Waals surface area contributed by atoms with Crippen LogP contribution in [0.3, 0.4) is 0 Å². The molecule has 1 aromatic heterocycles. The van der Waals surface area contributed by atoms with Crippen molar-refractivity contribution in [1.29, 1.82) is 0 Å². The summed E-state index contributed by atoms with van der Waals surface area (Å²) in [6.45, 7) is 0.690. The van der Waals surface area contributed by atoms with Crippen LogP contribution in [0.15, 0.2) is 60.0 Å². The summed E-state index contributed by atoms with van der Waals surface area (Å²) < 4.78 is 18.2. The molecule has 1 heterocycles. The van der Waals surface area contributed by atoms with Crippen LogP contribution in [0.1, 0.15) is 11.1 Å². The second-order valence-electron chi connectivity index (χ2n) is 5.86. The number of ether oxygens (including phenoxy) is 1. The van der Waals surface area contributed by atoms with Crippen molar-refractivity contribution < 1.29 is 13.9 Å². The molecular formula is C21H19FN2O2S. The zero-order chi connectivity index (χ0) is 19.1. The van der Waals surface area contributed by atoms with Crippen LogP contribution in [0.2, 0.25) is 0 Å². The van der Waals surface area contributed by atoms with Gasteiger partial charge in [-0.05, 0) is 35.8 Å². The first-order chi connectivity index (χ1) is 13.1. The summed E-state index contributed by atoms with van der Waals surface area (Å²) in [6, 6.07) is 14.2. The van der Waals surface area contributed by atoms with Gasteiger partial charge in [-0.1, -0.05) is 36.4 Å². The number of thiazole rings is 1. The lowest BCUT2D eigenvalue weighted by Gasteiger charge is -2.02. The summed E-state index contributed by atoms with van der Waals surface area (Å²) in [5.74, 6) is -0.648. The fourth-order valence-corrected chi connectivity index (χ4v) is 3.18.